The Morgan fingerprint density at radius 3 is 2.19 bits per heavy atom. The van der Waals surface area contributed by atoms with Crippen LogP contribution in [0.15, 0.2) is 0 Å². The Morgan fingerprint density at radius 1 is 1.31 bits per heavy atom. The minimum Gasteiger partial charge on any atom is -0.381 e. The Balaban J connectivity index is 4.60. The Hall–Kier alpha value is -0.740. The van der Waals surface area contributed by atoms with Crippen LogP contribution < -0.4 is 0 Å². The minimum atomic E-state index is -0.462. The average molecular weight is 230 g/mol. The Morgan fingerprint density at radius 2 is 1.88 bits per heavy atom. The summed E-state index contributed by atoms with van der Waals surface area (Å²) in [5.41, 5.74) is -0.289. The van der Waals surface area contributed by atoms with Crippen LogP contribution in [0.3, 0.4) is 0 Å². The summed E-state index contributed by atoms with van der Waals surface area (Å²) >= 11 is 0. The lowest BCUT2D eigenvalue weighted by Crippen LogP contribution is -2.37. The number of ketones is 1. The quantitative estimate of drug-likeness (QED) is 0.594. The van der Waals surface area contributed by atoms with Crippen molar-refractivity contribution in [3.05, 3.63) is 0 Å². The lowest BCUT2D eigenvalue weighted by Gasteiger charge is -2.33. The van der Waals surface area contributed by atoms with Crippen LogP contribution in [0.4, 0.5) is 0 Å². The molecule has 0 unspecified atom stereocenters. The maximum atomic E-state index is 11.3. The van der Waals surface area contributed by atoms with Gasteiger partial charge in [0.15, 0.2) is 5.78 Å². The molecule has 0 aromatic heterocycles. The van der Waals surface area contributed by atoms with Gasteiger partial charge in [0.05, 0.1) is 6.10 Å². The summed E-state index contributed by atoms with van der Waals surface area (Å²) in [7, 11) is 3.09. The van der Waals surface area contributed by atoms with E-state index in [1.165, 1.54) is 14.0 Å². The molecule has 4 nitrogen and oxygen atoms in total. The summed E-state index contributed by atoms with van der Waals surface area (Å²) in [6, 6.07) is 0. The molecule has 0 rings (SSSR count). The summed E-state index contributed by atoms with van der Waals surface area (Å²) in [5, 5.41) is 0. The van der Waals surface area contributed by atoms with Gasteiger partial charge < -0.3 is 14.3 Å². The number of ether oxygens (including phenoxy) is 2. The summed E-state index contributed by atoms with van der Waals surface area (Å²) in [5.74, 6) is -0.0218. The first-order valence-electron chi connectivity index (χ1n) is 5.38. The van der Waals surface area contributed by atoms with Crippen molar-refractivity contribution >= 4 is 12.1 Å². The van der Waals surface area contributed by atoms with E-state index in [-0.39, 0.29) is 17.3 Å². The summed E-state index contributed by atoms with van der Waals surface area (Å²) < 4.78 is 10.5. The second-order valence-corrected chi connectivity index (χ2v) is 4.65. The lowest BCUT2D eigenvalue weighted by atomic mass is 9.80. The molecule has 0 aromatic carbocycles. The number of rotatable bonds is 8. The summed E-state index contributed by atoms with van der Waals surface area (Å²) in [6.45, 7) is 5.39. The molecule has 0 aliphatic rings. The molecular weight excluding hydrogens is 208 g/mol. The number of carbonyl (C=O) groups is 2. The fourth-order valence-corrected chi connectivity index (χ4v) is 1.70. The van der Waals surface area contributed by atoms with E-state index in [1.807, 2.05) is 13.8 Å². The number of aldehydes is 1. The number of hydrogen-bond acceptors (Lipinski definition) is 4. The molecule has 0 amide bonds. The van der Waals surface area contributed by atoms with Gasteiger partial charge in [0.2, 0.25) is 0 Å². The molecule has 16 heavy (non-hydrogen) atoms. The average Bonchev–Trinajstić information content (AvgIpc) is 2.18. The highest BCUT2D eigenvalue weighted by molar-refractivity contribution is 5.80. The first-order valence-corrected chi connectivity index (χ1v) is 5.38. The fourth-order valence-electron chi connectivity index (χ4n) is 1.70. The van der Waals surface area contributed by atoms with Crippen molar-refractivity contribution in [2.24, 2.45) is 5.41 Å². The number of Topliss-reactive ketones (excluding diaryl/α,β-unsaturated/α-hetero) is 1. The van der Waals surface area contributed by atoms with E-state index in [1.54, 1.807) is 7.11 Å². The summed E-state index contributed by atoms with van der Waals surface area (Å²) in [6.07, 6.45) is 1.12. The van der Waals surface area contributed by atoms with Gasteiger partial charge in [-0.2, -0.15) is 0 Å². The maximum Gasteiger partial charge on any atom is 0.158 e. The molecule has 0 aromatic rings. The smallest absolute Gasteiger partial charge is 0.158 e. The van der Waals surface area contributed by atoms with E-state index in [9.17, 15) is 9.59 Å². The van der Waals surface area contributed by atoms with Crippen molar-refractivity contribution in [3.8, 4) is 0 Å². The standard InChI is InChI=1S/C12H22O4/c1-9(14)10(15-4)8-11(16-5)12(2,3)6-7-13/h7,10-11H,6,8H2,1-5H3/t10-,11-/m0/s1. The molecule has 0 radical (unpaired) electrons. The van der Waals surface area contributed by atoms with Crippen molar-refractivity contribution < 1.29 is 19.1 Å². The second-order valence-electron chi connectivity index (χ2n) is 4.65. The Bertz CT molecular complexity index is 235. The fraction of sp³-hybridized carbons (Fsp3) is 0.833. The van der Waals surface area contributed by atoms with E-state index in [0.717, 1.165) is 6.29 Å². The van der Waals surface area contributed by atoms with E-state index in [4.69, 9.17) is 9.47 Å². The number of methoxy groups -OCH3 is 2. The SMILES string of the molecule is CO[C@@H](C[C@H](OC)C(C)(C)CC=O)C(C)=O. The highest BCUT2D eigenvalue weighted by Crippen LogP contribution is 2.29. The van der Waals surface area contributed by atoms with Gasteiger partial charge in [-0.25, -0.2) is 0 Å². The third kappa shape index (κ3) is 4.41. The van der Waals surface area contributed by atoms with Crippen molar-refractivity contribution in [1.82, 2.24) is 0 Å². The molecule has 0 bridgehead atoms. The highest BCUT2D eigenvalue weighted by atomic mass is 16.5. The first kappa shape index (κ1) is 15.3. The van der Waals surface area contributed by atoms with Crippen LogP contribution in [0.2, 0.25) is 0 Å². The molecular formula is C12H22O4. The third-order valence-corrected chi connectivity index (χ3v) is 2.93. The van der Waals surface area contributed by atoms with Gasteiger partial charge in [0.1, 0.15) is 12.4 Å². The molecule has 0 heterocycles. The van der Waals surface area contributed by atoms with Gasteiger partial charge >= 0.3 is 0 Å². The van der Waals surface area contributed by atoms with Crippen LogP contribution in [-0.2, 0) is 19.1 Å². The van der Waals surface area contributed by atoms with E-state index in [0.29, 0.717) is 12.8 Å². The normalized spacial score (nSPS) is 15.6. The van der Waals surface area contributed by atoms with E-state index >= 15 is 0 Å². The van der Waals surface area contributed by atoms with Crippen molar-refractivity contribution in [3.63, 3.8) is 0 Å². The third-order valence-electron chi connectivity index (χ3n) is 2.93. The molecule has 2 atom stereocenters. The van der Waals surface area contributed by atoms with Gasteiger partial charge in [0, 0.05) is 27.1 Å². The van der Waals surface area contributed by atoms with E-state index in [2.05, 4.69) is 0 Å². The maximum absolute atomic E-state index is 11.3. The Labute approximate surface area is 97.3 Å². The molecule has 0 saturated heterocycles. The van der Waals surface area contributed by atoms with Crippen LogP contribution in [0.5, 0.6) is 0 Å². The summed E-state index contributed by atoms with van der Waals surface area (Å²) in [4.78, 5) is 21.8. The molecule has 4 heteroatoms. The molecule has 0 spiro atoms. The van der Waals surface area contributed by atoms with Crippen LogP contribution in [0.1, 0.15) is 33.6 Å². The topological polar surface area (TPSA) is 52.6 Å². The zero-order valence-electron chi connectivity index (χ0n) is 10.8. The predicted molar refractivity (Wildman–Crippen MR) is 61.4 cm³/mol. The predicted octanol–water partition coefficient (Wildman–Crippen LogP) is 1.61. The van der Waals surface area contributed by atoms with Crippen molar-refractivity contribution in [2.75, 3.05) is 14.2 Å². The van der Waals surface area contributed by atoms with E-state index < -0.39 is 6.10 Å². The number of hydrogen-bond donors (Lipinski definition) is 0. The molecule has 0 saturated carbocycles. The van der Waals surface area contributed by atoms with Gasteiger partial charge in [-0.1, -0.05) is 13.8 Å². The highest BCUT2D eigenvalue weighted by Gasteiger charge is 2.32. The molecule has 0 N–H and O–H groups in total. The van der Waals surface area contributed by atoms with Crippen molar-refractivity contribution in [2.45, 2.75) is 45.8 Å². The second kappa shape index (κ2) is 6.76. The van der Waals surface area contributed by atoms with Crippen LogP contribution in [0, 0.1) is 5.41 Å². The minimum absolute atomic E-state index is 0.0218. The lowest BCUT2D eigenvalue weighted by molar-refractivity contribution is -0.130. The van der Waals surface area contributed by atoms with Crippen LogP contribution in [-0.4, -0.2) is 38.5 Å². The molecule has 0 fully saturated rings. The Kier molecular flexibility index (Phi) is 6.45. The van der Waals surface area contributed by atoms with Crippen LogP contribution >= 0.6 is 0 Å². The van der Waals surface area contributed by atoms with Crippen LogP contribution in [0.25, 0.3) is 0 Å². The van der Waals surface area contributed by atoms with Gasteiger partial charge in [-0.15, -0.1) is 0 Å². The first-order chi connectivity index (χ1) is 7.38. The molecule has 0 aliphatic carbocycles. The van der Waals surface area contributed by atoms with Gasteiger partial charge in [0.25, 0.3) is 0 Å². The van der Waals surface area contributed by atoms with Gasteiger partial charge in [-0.05, 0) is 12.3 Å². The van der Waals surface area contributed by atoms with Gasteiger partial charge in [-0.3, -0.25) is 4.79 Å². The molecule has 94 valence electrons. The molecule has 0 aliphatic heterocycles. The number of carbonyl (C=O) groups excluding carboxylic acids is 2. The zero-order chi connectivity index (χ0) is 12.8. The monoisotopic (exact) mass is 230 g/mol. The zero-order valence-corrected chi connectivity index (χ0v) is 10.8. The largest absolute Gasteiger partial charge is 0.381 e. The van der Waals surface area contributed by atoms with Crippen molar-refractivity contribution in [1.29, 1.82) is 0 Å².